The average molecular weight is 498 g/mol. The molecule has 5 rings (SSSR count). The lowest BCUT2D eigenvalue weighted by Gasteiger charge is -2.33. The molecule has 1 aliphatic carbocycles. The van der Waals surface area contributed by atoms with Crippen molar-refractivity contribution in [3.63, 3.8) is 0 Å². The van der Waals surface area contributed by atoms with Crippen LogP contribution < -0.4 is 10.2 Å². The van der Waals surface area contributed by atoms with Crippen LogP contribution in [0.15, 0.2) is 96.2 Å². The van der Waals surface area contributed by atoms with Gasteiger partial charge in [0.25, 0.3) is 5.91 Å². The van der Waals surface area contributed by atoms with Gasteiger partial charge in [0.15, 0.2) is 12.0 Å². The lowest BCUT2D eigenvalue weighted by molar-refractivity contribution is -0.128. The van der Waals surface area contributed by atoms with E-state index < -0.39 is 0 Å². The molecule has 2 heterocycles. The summed E-state index contributed by atoms with van der Waals surface area (Å²) >= 11 is 0. The summed E-state index contributed by atoms with van der Waals surface area (Å²) in [4.78, 5) is 17.8. The molecule has 37 heavy (non-hydrogen) atoms. The molecule has 2 aromatic rings. The van der Waals surface area contributed by atoms with E-state index in [9.17, 15) is 4.79 Å². The minimum absolute atomic E-state index is 0.0169. The molecule has 0 saturated carbocycles. The van der Waals surface area contributed by atoms with Crippen molar-refractivity contribution in [3.8, 4) is 0 Å². The zero-order chi connectivity index (χ0) is 26.2. The molecule has 2 aliphatic heterocycles. The molecule has 0 bridgehead atoms. The molecule has 194 valence electrons. The zero-order valence-electron chi connectivity index (χ0n) is 22.5. The first-order chi connectivity index (χ1) is 18.1. The number of hydrogen-bond donors (Lipinski definition) is 1. The number of hydrogen-bond acceptors (Lipinski definition) is 4. The molecule has 5 heteroatoms. The largest absolute Gasteiger partial charge is 0.463 e. The standard InChI is InChI=1S/C30H33N3O2.C2H6/c1-32(2)26-16-14-24(15-17-26)28-27(31-29(35-28)25-12-8-5-9-13-25)30(34)33-20-18-23(19-21-33)22-10-6-3-4-7-11-22;1-2/h3-10,12-17,23,29,31H,11,18-21H2,1-2H3;1-2H3. The Morgan fingerprint density at radius 2 is 1.65 bits per heavy atom. The van der Waals surface area contributed by atoms with E-state index in [1.807, 2.05) is 75.3 Å². The van der Waals surface area contributed by atoms with Gasteiger partial charge in [0.1, 0.15) is 5.70 Å². The molecule has 2 aromatic carbocycles. The van der Waals surface area contributed by atoms with Crippen molar-refractivity contribution in [1.29, 1.82) is 0 Å². The highest BCUT2D eigenvalue weighted by Crippen LogP contribution is 2.36. The smallest absolute Gasteiger partial charge is 0.273 e. The summed E-state index contributed by atoms with van der Waals surface area (Å²) in [7, 11) is 4.03. The predicted octanol–water partition coefficient (Wildman–Crippen LogP) is 6.45. The molecule has 3 aliphatic rings. The van der Waals surface area contributed by atoms with Crippen molar-refractivity contribution < 1.29 is 9.53 Å². The van der Waals surface area contributed by atoms with Crippen LogP contribution in [-0.2, 0) is 9.53 Å². The third kappa shape index (κ3) is 6.16. The van der Waals surface area contributed by atoms with Gasteiger partial charge in [-0.2, -0.15) is 0 Å². The highest BCUT2D eigenvalue weighted by molar-refractivity contribution is 6.00. The Morgan fingerprint density at radius 1 is 0.946 bits per heavy atom. The normalized spacial score (nSPS) is 19.3. The summed E-state index contributed by atoms with van der Waals surface area (Å²) in [6.07, 6.45) is 13.4. The minimum Gasteiger partial charge on any atom is -0.463 e. The van der Waals surface area contributed by atoms with Crippen LogP contribution in [0.4, 0.5) is 5.69 Å². The maximum atomic E-state index is 13.8. The van der Waals surface area contributed by atoms with Crippen molar-refractivity contribution in [3.05, 3.63) is 107 Å². The fourth-order valence-corrected chi connectivity index (χ4v) is 4.97. The van der Waals surface area contributed by atoms with Crippen LogP contribution in [0.5, 0.6) is 0 Å². The second-order valence-corrected chi connectivity index (χ2v) is 9.52. The summed E-state index contributed by atoms with van der Waals surface area (Å²) in [6.45, 7) is 5.50. The summed E-state index contributed by atoms with van der Waals surface area (Å²) in [5, 5.41) is 3.40. The summed E-state index contributed by atoms with van der Waals surface area (Å²) in [6, 6.07) is 18.2. The molecule has 0 radical (unpaired) electrons. The second-order valence-electron chi connectivity index (χ2n) is 9.52. The first-order valence-electron chi connectivity index (χ1n) is 13.4. The van der Waals surface area contributed by atoms with Crippen molar-refractivity contribution >= 4 is 17.4 Å². The number of benzene rings is 2. The van der Waals surface area contributed by atoms with Crippen LogP contribution in [-0.4, -0.2) is 38.0 Å². The van der Waals surface area contributed by atoms with Gasteiger partial charge in [0.2, 0.25) is 0 Å². The van der Waals surface area contributed by atoms with E-state index in [4.69, 9.17) is 4.74 Å². The highest BCUT2D eigenvalue weighted by atomic mass is 16.5. The molecule has 0 aromatic heterocycles. The third-order valence-corrected chi connectivity index (χ3v) is 7.03. The molecule has 1 saturated heterocycles. The number of allylic oxidation sites excluding steroid dienone is 6. The van der Waals surface area contributed by atoms with E-state index in [0.29, 0.717) is 17.4 Å². The van der Waals surface area contributed by atoms with Crippen LogP contribution in [0.1, 0.15) is 50.5 Å². The molecule has 1 fully saturated rings. The SMILES string of the molecule is CC.CN(C)c1ccc(C2=C(C(=O)N3CCC(C4=CC=CC=CC4)CC3)NC(c3ccccc3)O2)cc1. The van der Waals surface area contributed by atoms with Crippen LogP contribution in [0.25, 0.3) is 5.76 Å². The van der Waals surface area contributed by atoms with Crippen LogP contribution in [0.2, 0.25) is 0 Å². The lowest BCUT2D eigenvalue weighted by atomic mass is 9.87. The second kappa shape index (κ2) is 12.5. The first-order valence-corrected chi connectivity index (χ1v) is 13.4. The summed E-state index contributed by atoms with van der Waals surface area (Å²) < 4.78 is 6.37. The van der Waals surface area contributed by atoms with E-state index in [1.165, 1.54) is 5.57 Å². The Balaban J connectivity index is 0.00000156. The van der Waals surface area contributed by atoms with E-state index in [-0.39, 0.29) is 12.1 Å². The molecule has 1 atom stereocenters. The van der Waals surface area contributed by atoms with Crippen LogP contribution in [0, 0.1) is 5.92 Å². The Kier molecular flexibility index (Phi) is 8.89. The highest BCUT2D eigenvalue weighted by Gasteiger charge is 2.35. The molecular weight excluding hydrogens is 458 g/mol. The van der Waals surface area contributed by atoms with Crippen molar-refractivity contribution in [2.45, 2.75) is 39.3 Å². The van der Waals surface area contributed by atoms with Gasteiger partial charge in [-0.25, -0.2) is 0 Å². The number of rotatable bonds is 5. The van der Waals surface area contributed by atoms with Crippen molar-refractivity contribution in [2.24, 2.45) is 5.92 Å². The van der Waals surface area contributed by atoms with Gasteiger partial charge in [-0.15, -0.1) is 0 Å². The predicted molar refractivity (Wildman–Crippen MR) is 153 cm³/mol. The zero-order valence-corrected chi connectivity index (χ0v) is 22.5. The number of amides is 1. The van der Waals surface area contributed by atoms with Crippen molar-refractivity contribution in [1.82, 2.24) is 10.2 Å². The topological polar surface area (TPSA) is 44.8 Å². The quantitative estimate of drug-likeness (QED) is 0.516. The van der Waals surface area contributed by atoms with E-state index in [0.717, 1.165) is 49.2 Å². The molecular formula is C32H39N3O2. The molecule has 0 spiro atoms. The molecule has 1 unspecified atom stereocenters. The van der Waals surface area contributed by atoms with Gasteiger partial charge >= 0.3 is 0 Å². The number of ether oxygens (including phenoxy) is 1. The maximum Gasteiger partial charge on any atom is 0.273 e. The maximum absolute atomic E-state index is 13.8. The van der Waals surface area contributed by atoms with Gasteiger partial charge in [-0.05, 0) is 49.4 Å². The Morgan fingerprint density at radius 3 is 2.32 bits per heavy atom. The fourth-order valence-electron chi connectivity index (χ4n) is 4.97. The fraction of sp³-hybridized carbons (Fsp3) is 0.344. The monoisotopic (exact) mass is 497 g/mol. The first kappa shape index (κ1) is 26.3. The number of carbonyl (C=O) groups is 1. The van der Waals surface area contributed by atoms with Gasteiger partial charge in [0, 0.05) is 44.0 Å². The number of nitrogens with zero attached hydrogens (tertiary/aromatic N) is 2. The lowest BCUT2D eigenvalue weighted by Crippen LogP contribution is -2.41. The van der Waals surface area contributed by atoms with Gasteiger partial charge in [0.05, 0.1) is 0 Å². The van der Waals surface area contributed by atoms with Crippen LogP contribution >= 0.6 is 0 Å². The minimum atomic E-state index is -0.383. The van der Waals surface area contributed by atoms with E-state index >= 15 is 0 Å². The average Bonchev–Trinajstić information content (AvgIpc) is 3.22. The Hall–Kier alpha value is -3.73. The summed E-state index contributed by atoms with van der Waals surface area (Å²) in [5.41, 5.74) is 5.02. The van der Waals surface area contributed by atoms with Crippen molar-refractivity contribution in [2.75, 3.05) is 32.1 Å². The van der Waals surface area contributed by atoms with Gasteiger partial charge < -0.3 is 19.9 Å². The van der Waals surface area contributed by atoms with Crippen LogP contribution in [0.3, 0.4) is 0 Å². The number of piperidine rings is 1. The molecule has 5 nitrogen and oxygen atoms in total. The number of likely N-dealkylation sites (tertiary alicyclic amines) is 1. The number of carbonyl (C=O) groups excluding carboxylic acids is 1. The van der Waals surface area contributed by atoms with Gasteiger partial charge in [-0.1, -0.05) is 80.1 Å². The summed E-state index contributed by atoms with van der Waals surface area (Å²) in [5.74, 6) is 1.17. The third-order valence-electron chi connectivity index (χ3n) is 7.03. The molecule has 1 N–H and O–H groups in total. The Bertz CT molecular complexity index is 1170. The number of nitrogens with one attached hydrogen (secondary N) is 1. The Labute approximate surface area is 221 Å². The van der Waals surface area contributed by atoms with E-state index in [1.54, 1.807) is 0 Å². The van der Waals surface area contributed by atoms with E-state index in [2.05, 4.69) is 52.7 Å². The molecule has 1 amide bonds. The number of anilines is 1. The van der Waals surface area contributed by atoms with Gasteiger partial charge in [-0.3, -0.25) is 4.79 Å².